The zero-order valence-electron chi connectivity index (χ0n) is 18.9. The van der Waals surface area contributed by atoms with Crippen LogP contribution < -0.4 is 14.8 Å². The quantitative estimate of drug-likeness (QED) is 0.385. The predicted octanol–water partition coefficient (Wildman–Crippen LogP) is 6.18. The molecule has 11 heteroatoms. The molecule has 0 saturated carbocycles. The number of benzene rings is 3. The van der Waals surface area contributed by atoms with Crippen LogP contribution in [0.15, 0.2) is 65.6 Å². The van der Waals surface area contributed by atoms with Crippen molar-refractivity contribution in [3.05, 3.63) is 82.4 Å². The summed E-state index contributed by atoms with van der Waals surface area (Å²) in [5.41, 5.74) is 0.846. The summed E-state index contributed by atoms with van der Waals surface area (Å²) >= 11 is 5.57. The lowest BCUT2D eigenvalue weighted by molar-refractivity contribution is -0.137. The maximum absolute atomic E-state index is 13.0. The summed E-state index contributed by atoms with van der Waals surface area (Å²) < 4.78 is 72.1. The standard InChI is InChI=1S/C24H22ClF3N2O4S/c1-14-10-15(2)12-19(11-14)34-16(3)23(31)29-17-4-7-20(8-5-17)35(32,33)30-18-6-9-22(25)21(13-18)24(26,27)28/h4-13,16,30H,1-3H3,(H,29,31)/t16-/m1/s1. The van der Waals surface area contributed by atoms with Gasteiger partial charge in [-0.05, 0) is 86.5 Å². The van der Waals surface area contributed by atoms with Crippen molar-refractivity contribution >= 4 is 38.9 Å². The lowest BCUT2D eigenvalue weighted by Gasteiger charge is -2.16. The van der Waals surface area contributed by atoms with Gasteiger partial charge in [0, 0.05) is 11.4 Å². The lowest BCUT2D eigenvalue weighted by Crippen LogP contribution is -2.30. The highest BCUT2D eigenvalue weighted by Gasteiger charge is 2.33. The summed E-state index contributed by atoms with van der Waals surface area (Å²) in [5, 5.41) is 2.09. The second kappa shape index (κ2) is 10.2. The van der Waals surface area contributed by atoms with Gasteiger partial charge in [0.25, 0.3) is 15.9 Å². The van der Waals surface area contributed by atoms with Gasteiger partial charge in [-0.25, -0.2) is 8.42 Å². The van der Waals surface area contributed by atoms with Crippen molar-refractivity contribution in [1.29, 1.82) is 0 Å². The fourth-order valence-corrected chi connectivity index (χ4v) is 4.51. The Morgan fingerprint density at radius 3 is 2.09 bits per heavy atom. The van der Waals surface area contributed by atoms with Crippen LogP contribution in [0.1, 0.15) is 23.6 Å². The van der Waals surface area contributed by atoms with Gasteiger partial charge in [0.15, 0.2) is 6.10 Å². The summed E-state index contributed by atoms with van der Waals surface area (Å²) in [5.74, 6) is 0.104. The first-order valence-corrected chi connectivity index (χ1v) is 12.2. The highest BCUT2D eigenvalue weighted by Crippen LogP contribution is 2.36. The average molecular weight is 527 g/mol. The SMILES string of the molecule is Cc1cc(C)cc(O[C@H](C)C(=O)Nc2ccc(S(=O)(=O)Nc3ccc(Cl)c(C(F)(F)F)c3)cc2)c1. The largest absolute Gasteiger partial charge is 0.481 e. The molecular weight excluding hydrogens is 505 g/mol. The molecule has 0 bridgehead atoms. The normalized spacial score (nSPS) is 12.7. The van der Waals surface area contributed by atoms with Crippen LogP contribution in [-0.2, 0) is 21.0 Å². The first-order chi connectivity index (χ1) is 16.2. The molecule has 35 heavy (non-hydrogen) atoms. The van der Waals surface area contributed by atoms with Gasteiger partial charge in [0.1, 0.15) is 5.75 Å². The van der Waals surface area contributed by atoms with Crippen molar-refractivity contribution in [2.75, 3.05) is 10.0 Å². The molecular formula is C24H22ClF3N2O4S. The summed E-state index contributed by atoms with van der Waals surface area (Å²) in [6, 6.07) is 13.4. The van der Waals surface area contributed by atoms with Gasteiger partial charge in [-0.2, -0.15) is 13.2 Å². The van der Waals surface area contributed by atoms with Gasteiger partial charge in [-0.15, -0.1) is 0 Å². The van der Waals surface area contributed by atoms with Gasteiger partial charge in [0.05, 0.1) is 15.5 Å². The average Bonchev–Trinajstić information content (AvgIpc) is 2.73. The monoisotopic (exact) mass is 526 g/mol. The third kappa shape index (κ3) is 6.89. The minimum atomic E-state index is -4.74. The molecule has 0 aliphatic carbocycles. The first-order valence-electron chi connectivity index (χ1n) is 10.3. The molecule has 3 rings (SSSR count). The molecule has 0 heterocycles. The Kier molecular flexibility index (Phi) is 7.66. The molecule has 0 saturated heterocycles. The van der Waals surface area contributed by atoms with Crippen LogP contribution in [0.25, 0.3) is 0 Å². The maximum atomic E-state index is 13.0. The van der Waals surface area contributed by atoms with Crippen LogP contribution in [0, 0.1) is 13.8 Å². The van der Waals surface area contributed by atoms with Crippen LogP contribution >= 0.6 is 11.6 Å². The van der Waals surface area contributed by atoms with Crippen LogP contribution in [0.4, 0.5) is 24.5 Å². The van der Waals surface area contributed by atoms with E-state index >= 15 is 0 Å². The number of rotatable bonds is 7. The molecule has 0 unspecified atom stereocenters. The van der Waals surface area contributed by atoms with E-state index in [1.807, 2.05) is 32.0 Å². The molecule has 0 aliphatic heterocycles. The molecule has 6 nitrogen and oxygen atoms in total. The van der Waals surface area contributed by atoms with Crippen molar-refractivity contribution in [2.24, 2.45) is 0 Å². The topological polar surface area (TPSA) is 84.5 Å². The zero-order valence-corrected chi connectivity index (χ0v) is 20.5. The summed E-state index contributed by atoms with van der Waals surface area (Å²) in [7, 11) is -4.20. The van der Waals surface area contributed by atoms with Crippen LogP contribution in [0.5, 0.6) is 5.75 Å². The van der Waals surface area contributed by atoms with Gasteiger partial charge in [-0.1, -0.05) is 17.7 Å². The Bertz CT molecular complexity index is 1320. The molecule has 1 amide bonds. The molecule has 0 aliphatic rings. The van der Waals surface area contributed by atoms with E-state index in [1.54, 1.807) is 6.92 Å². The fourth-order valence-electron chi connectivity index (χ4n) is 3.24. The summed E-state index contributed by atoms with van der Waals surface area (Å²) in [4.78, 5) is 12.3. The van der Waals surface area contributed by atoms with Gasteiger partial charge in [-0.3, -0.25) is 9.52 Å². The van der Waals surface area contributed by atoms with E-state index in [4.69, 9.17) is 16.3 Å². The number of halogens is 4. The Balaban J connectivity index is 1.68. The molecule has 186 valence electrons. The Labute approximate surface area is 206 Å². The molecule has 1 atom stereocenters. The first kappa shape index (κ1) is 26.4. The number of sulfonamides is 1. The summed E-state index contributed by atoms with van der Waals surface area (Å²) in [6.07, 6.45) is -5.56. The van der Waals surface area contributed by atoms with Crippen molar-refractivity contribution in [3.8, 4) is 5.75 Å². The third-order valence-electron chi connectivity index (χ3n) is 4.83. The minimum absolute atomic E-state index is 0.210. The van der Waals surface area contributed by atoms with Gasteiger partial charge < -0.3 is 10.1 Å². The van der Waals surface area contributed by atoms with E-state index in [1.165, 1.54) is 24.3 Å². The number of ether oxygens (including phenoxy) is 1. The second-order valence-corrected chi connectivity index (χ2v) is 9.98. The van der Waals surface area contributed by atoms with E-state index in [0.29, 0.717) is 17.5 Å². The van der Waals surface area contributed by atoms with E-state index in [-0.39, 0.29) is 10.6 Å². The van der Waals surface area contributed by atoms with Gasteiger partial charge >= 0.3 is 6.18 Å². The molecule has 3 aromatic rings. The van der Waals surface area contributed by atoms with Crippen LogP contribution in [0.3, 0.4) is 0 Å². The van der Waals surface area contributed by atoms with E-state index in [9.17, 15) is 26.4 Å². The molecule has 0 radical (unpaired) electrons. The number of alkyl halides is 3. The van der Waals surface area contributed by atoms with Crippen molar-refractivity contribution < 1.29 is 31.1 Å². The number of anilines is 2. The minimum Gasteiger partial charge on any atom is -0.481 e. The number of aryl methyl sites for hydroxylation is 2. The molecule has 0 aromatic heterocycles. The zero-order chi connectivity index (χ0) is 26.0. The molecule has 2 N–H and O–H groups in total. The predicted molar refractivity (Wildman–Crippen MR) is 128 cm³/mol. The molecule has 0 spiro atoms. The van der Waals surface area contributed by atoms with E-state index in [2.05, 4.69) is 10.0 Å². The third-order valence-corrected chi connectivity index (χ3v) is 6.56. The van der Waals surface area contributed by atoms with E-state index < -0.39 is 38.8 Å². The highest BCUT2D eigenvalue weighted by atomic mass is 35.5. The second-order valence-electron chi connectivity index (χ2n) is 7.90. The summed E-state index contributed by atoms with van der Waals surface area (Å²) in [6.45, 7) is 5.41. The van der Waals surface area contributed by atoms with Crippen molar-refractivity contribution in [1.82, 2.24) is 0 Å². The van der Waals surface area contributed by atoms with E-state index in [0.717, 1.165) is 23.3 Å². The Hall–Kier alpha value is -3.24. The highest BCUT2D eigenvalue weighted by molar-refractivity contribution is 7.92. The van der Waals surface area contributed by atoms with Crippen molar-refractivity contribution in [3.63, 3.8) is 0 Å². The van der Waals surface area contributed by atoms with Crippen LogP contribution in [0.2, 0.25) is 5.02 Å². The maximum Gasteiger partial charge on any atom is 0.417 e. The molecule has 0 fully saturated rings. The van der Waals surface area contributed by atoms with Gasteiger partial charge in [0.2, 0.25) is 0 Å². The lowest BCUT2D eigenvalue weighted by atomic mass is 10.1. The Morgan fingerprint density at radius 1 is 0.943 bits per heavy atom. The number of hydrogen-bond acceptors (Lipinski definition) is 4. The fraction of sp³-hybridized carbons (Fsp3) is 0.208. The molecule has 3 aromatic carbocycles. The number of hydrogen-bond donors (Lipinski definition) is 2. The number of carbonyl (C=O) groups excluding carboxylic acids is 1. The van der Waals surface area contributed by atoms with Crippen LogP contribution in [-0.4, -0.2) is 20.4 Å². The number of nitrogens with one attached hydrogen (secondary N) is 2. The Morgan fingerprint density at radius 2 is 1.51 bits per heavy atom. The smallest absolute Gasteiger partial charge is 0.417 e. The number of amides is 1. The van der Waals surface area contributed by atoms with Crippen molar-refractivity contribution in [2.45, 2.75) is 37.9 Å². The number of carbonyl (C=O) groups is 1.